The molecular formula is C27H30ClF3N4O3. The zero-order valence-corrected chi connectivity index (χ0v) is 21.8. The molecule has 0 aliphatic carbocycles. The lowest BCUT2D eigenvalue weighted by Crippen LogP contribution is -2.49. The summed E-state index contributed by atoms with van der Waals surface area (Å²) in [7, 11) is 1.60. The lowest BCUT2D eigenvalue weighted by atomic mass is 9.73. The molecule has 7 nitrogen and oxygen atoms in total. The smallest absolute Gasteiger partial charge is 0.249 e. The Morgan fingerprint density at radius 2 is 1.97 bits per heavy atom. The van der Waals surface area contributed by atoms with Crippen LogP contribution in [0.15, 0.2) is 36.5 Å². The third-order valence-electron chi connectivity index (χ3n) is 7.35. The number of ether oxygens (including phenoxy) is 1. The van der Waals surface area contributed by atoms with Gasteiger partial charge in [0.15, 0.2) is 11.6 Å². The van der Waals surface area contributed by atoms with E-state index >= 15 is 0 Å². The number of fused-ring (bicyclic) bond motifs is 1. The summed E-state index contributed by atoms with van der Waals surface area (Å²) in [6, 6.07) is 7.02. The molecule has 4 rings (SSSR count). The molecule has 0 saturated carbocycles. The molecule has 0 atom stereocenters. The molecule has 1 aliphatic heterocycles. The topological polar surface area (TPSA) is 86.7 Å². The highest BCUT2D eigenvalue weighted by Gasteiger charge is 2.40. The van der Waals surface area contributed by atoms with Gasteiger partial charge < -0.3 is 15.0 Å². The second-order valence-corrected chi connectivity index (χ2v) is 9.97. The third kappa shape index (κ3) is 6.14. The summed E-state index contributed by atoms with van der Waals surface area (Å²) in [5.41, 5.74) is 2.60. The van der Waals surface area contributed by atoms with Crippen LogP contribution in [0, 0.1) is 22.9 Å². The first kappa shape index (κ1) is 27.9. The number of aromatic nitrogens is 1. The first-order chi connectivity index (χ1) is 18.3. The van der Waals surface area contributed by atoms with Gasteiger partial charge in [-0.3, -0.25) is 15.0 Å². The van der Waals surface area contributed by atoms with Gasteiger partial charge >= 0.3 is 0 Å². The average Bonchev–Trinajstić information content (AvgIpc) is 2.92. The number of pyridine rings is 1. The summed E-state index contributed by atoms with van der Waals surface area (Å²) < 4.78 is 46.0. The highest BCUT2D eigenvalue weighted by molar-refractivity contribution is 6.32. The number of nitrogens with one attached hydrogen (secondary N) is 2. The normalized spacial score (nSPS) is 15.4. The molecule has 0 bridgehead atoms. The van der Waals surface area contributed by atoms with E-state index in [-0.39, 0.29) is 12.2 Å². The number of methoxy groups -OCH3 is 1. The number of piperidine rings is 1. The number of aryl methyl sites for hydroxylation is 1. The molecule has 0 unspecified atom stereocenters. The van der Waals surface area contributed by atoms with Gasteiger partial charge in [0.2, 0.25) is 5.91 Å². The van der Waals surface area contributed by atoms with Crippen molar-refractivity contribution in [1.82, 2.24) is 15.4 Å². The fraction of sp³-hybridized carbons (Fsp3) is 0.407. The Morgan fingerprint density at radius 1 is 1.21 bits per heavy atom. The number of halogens is 4. The Labute approximate surface area is 223 Å². The lowest BCUT2D eigenvalue weighted by molar-refractivity contribution is -0.143. The molecule has 204 valence electrons. The minimum atomic E-state index is -1.24. The maximum absolute atomic E-state index is 13.9. The number of hydrogen-bond donors (Lipinski definition) is 3. The molecule has 3 aromatic rings. The Hall–Kier alpha value is -3.08. The van der Waals surface area contributed by atoms with Crippen LogP contribution in [0.4, 0.5) is 18.9 Å². The SMILES string of the molecule is COc1ccc2ncc(Cl)c(CCCC3(C(=O)NO)CCN(CCNc4cc(F)cc(F)c4F)CC3)c2c1. The Balaban J connectivity index is 1.36. The van der Waals surface area contributed by atoms with Crippen molar-refractivity contribution >= 4 is 34.1 Å². The molecule has 1 aliphatic rings. The number of benzene rings is 2. The zero-order valence-electron chi connectivity index (χ0n) is 21.0. The van der Waals surface area contributed by atoms with Crippen LogP contribution in [0.1, 0.15) is 31.2 Å². The van der Waals surface area contributed by atoms with E-state index in [0.717, 1.165) is 22.5 Å². The third-order valence-corrected chi connectivity index (χ3v) is 7.67. The van der Waals surface area contributed by atoms with Gasteiger partial charge in [0, 0.05) is 36.8 Å². The number of carbonyl (C=O) groups is 1. The highest BCUT2D eigenvalue weighted by atomic mass is 35.5. The standard InChI is InChI=1S/C27H30ClF3N4O3/c1-38-18-4-5-23-20(15-18)19(21(28)16-33-23)3-2-6-27(26(36)34-37)7-10-35(11-8-27)12-9-32-24-14-17(29)13-22(30)25(24)31/h4-5,13-16,32,37H,2-3,6-12H2,1H3,(H,34,36). The Morgan fingerprint density at radius 3 is 2.68 bits per heavy atom. The van der Waals surface area contributed by atoms with Gasteiger partial charge in [-0.1, -0.05) is 11.6 Å². The van der Waals surface area contributed by atoms with E-state index in [2.05, 4.69) is 15.2 Å². The van der Waals surface area contributed by atoms with Crippen molar-refractivity contribution in [1.29, 1.82) is 0 Å². The van der Waals surface area contributed by atoms with Gasteiger partial charge in [0.05, 0.1) is 28.8 Å². The van der Waals surface area contributed by atoms with Crippen LogP contribution in [-0.4, -0.2) is 54.3 Å². The van der Waals surface area contributed by atoms with Gasteiger partial charge in [0.25, 0.3) is 0 Å². The van der Waals surface area contributed by atoms with Gasteiger partial charge in [0.1, 0.15) is 11.6 Å². The summed E-state index contributed by atoms with van der Waals surface area (Å²) in [5.74, 6) is -2.94. The first-order valence-corrected chi connectivity index (χ1v) is 12.8. The van der Waals surface area contributed by atoms with Gasteiger partial charge in [-0.15, -0.1) is 0 Å². The van der Waals surface area contributed by atoms with Crippen LogP contribution >= 0.6 is 11.6 Å². The van der Waals surface area contributed by atoms with E-state index in [1.807, 2.05) is 23.7 Å². The summed E-state index contributed by atoms with van der Waals surface area (Å²) in [6.07, 6.45) is 4.48. The summed E-state index contributed by atoms with van der Waals surface area (Å²) in [4.78, 5) is 19.2. The average molecular weight is 551 g/mol. The second-order valence-electron chi connectivity index (χ2n) is 9.56. The fourth-order valence-corrected chi connectivity index (χ4v) is 5.38. The molecular weight excluding hydrogens is 521 g/mol. The van der Waals surface area contributed by atoms with Crippen LogP contribution in [-0.2, 0) is 11.2 Å². The minimum absolute atomic E-state index is 0.228. The van der Waals surface area contributed by atoms with Crippen molar-refractivity contribution in [3.8, 4) is 5.75 Å². The summed E-state index contributed by atoms with van der Waals surface area (Å²) >= 11 is 6.48. The first-order valence-electron chi connectivity index (χ1n) is 12.4. The number of hydroxylamine groups is 1. The van der Waals surface area contributed by atoms with E-state index in [0.29, 0.717) is 68.6 Å². The highest BCUT2D eigenvalue weighted by Crippen LogP contribution is 2.38. The molecule has 0 spiro atoms. The van der Waals surface area contributed by atoms with Gasteiger partial charge in [-0.05, 0) is 69.0 Å². The molecule has 2 aromatic carbocycles. The van der Waals surface area contributed by atoms with E-state index in [9.17, 15) is 23.2 Å². The lowest BCUT2D eigenvalue weighted by Gasteiger charge is -2.40. The van der Waals surface area contributed by atoms with Crippen molar-refractivity contribution in [2.24, 2.45) is 5.41 Å². The van der Waals surface area contributed by atoms with Crippen molar-refractivity contribution in [3.05, 3.63) is 64.6 Å². The fourth-order valence-electron chi connectivity index (χ4n) is 5.13. The predicted octanol–water partition coefficient (Wildman–Crippen LogP) is 5.34. The number of carbonyl (C=O) groups excluding carboxylic acids is 1. The molecule has 2 heterocycles. The zero-order chi connectivity index (χ0) is 27.3. The number of nitrogens with zero attached hydrogens (tertiary/aromatic N) is 2. The van der Waals surface area contributed by atoms with Crippen LogP contribution < -0.4 is 15.5 Å². The van der Waals surface area contributed by atoms with Gasteiger partial charge in [-0.2, -0.15) is 0 Å². The van der Waals surface area contributed by atoms with Crippen molar-refractivity contribution < 1.29 is 27.9 Å². The van der Waals surface area contributed by atoms with Crippen LogP contribution in [0.5, 0.6) is 5.75 Å². The monoisotopic (exact) mass is 550 g/mol. The van der Waals surface area contributed by atoms with Gasteiger partial charge in [-0.25, -0.2) is 18.7 Å². The molecule has 1 amide bonds. The van der Waals surface area contributed by atoms with Crippen LogP contribution in [0.2, 0.25) is 5.02 Å². The van der Waals surface area contributed by atoms with Crippen LogP contribution in [0.3, 0.4) is 0 Å². The van der Waals surface area contributed by atoms with E-state index in [1.54, 1.807) is 13.3 Å². The molecule has 38 heavy (non-hydrogen) atoms. The number of rotatable bonds is 10. The molecule has 3 N–H and O–H groups in total. The Kier molecular flexibility index (Phi) is 8.96. The van der Waals surface area contributed by atoms with Crippen molar-refractivity contribution in [3.63, 3.8) is 0 Å². The minimum Gasteiger partial charge on any atom is -0.497 e. The van der Waals surface area contributed by atoms with E-state index in [4.69, 9.17) is 16.3 Å². The number of anilines is 1. The van der Waals surface area contributed by atoms with E-state index in [1.165, 1.54) is 0 Å². The maximum Gasteiger partial charge on any atom is 0.249 e. The number of likely N-dealkylation sites (tertiary alicyclic amines) is 1. The van der Waals surface area contributed by atoms with Crippen LogP contribution in [0.25, 0.3) is 10.9 Å². The molecule has 1 aromatic heterocycles. The molecule has 0 radical (unpaired) electrons. The number of amides is 1. The Bertz CT molecular complexity index is 1300. The largest absolute Gasteiger partial charge is 0.497 e. The summed E-state index contributed by atoms with van der Waals surface area (Å²) in [5, 5.41) is 13.6. The van der Waals surface area contributed by atoms with E-state index < -0.39 is 28.8 Å². The summed E-state index contributed by atoms with van der Waals surface area (Å²) in [6.45, 7) is 1.92. The van der Waals surface area contributed by atoms with Crippen molar-refractivity contribution in [2.75, 3.05) is 38.6 Å². The number of hydrogen-bond acceptors (Lipinski definition) is 6. The molecule has 11 heteroatoms. The molecule has 1 fully saturated rings. The second kappa shape index (κ2) is 12.2. The molecule has 1 saturated heterocycles. The predicted molar refractivity (Wildman–Crippen MR) is 139 cm³/mol. The quantitative estimate of drug-likeness (QED) is 0.180. The van der Waals surface area contributed by atoms with Crippen molar-refractivity contribution in [2.45, 2.75) is 32.1 Å². The maximum atomic E-state index is 13.9.